The summed E-state index contributed by atoms with van der Waals surface area (Å²) in [7, 11) is 0. The summed E-state index contributed by atoms with van der Waals surface area (Å²) in [5.41, 5.74) is 3.60. The van der Waals surface area contributed by atoms with Crippen LogP contribution in [-0.4, -0.2) is 18.3 Å². The lowest BCUT2D eigenvalue weighted by atomic mass is 9.86. The van der Waals surface area contributed by atoms with Crippen LogP contribution in [0.4, 0.5) is 0 Å². The van der Waals surface area contributed by atoms with Gasteiger partial charge in [-0.1, -0.05) is 80.5 Å². The molecule has 2 rings (SSSR count). The maximum Gasteiger partial charge on any atom is 0.356 e. The first-order valence-electron chi connectivity index (χ1n) is 8.89. The van der Waals surface area contributed by atoms with Gasteiger partial charge in [-0.25, -0.2) is 4.79 Å². The topological polar surface area (TPSA) is 47.9 Å². The molecule has 0 aromatic heterocycles. The number of nitrogens with zero attached hydrogens (tertiary/aromatic N) is 1. The largest absolute Gasteiger partial charge is 0.461 e. The van der Waals surface area contributed by atoms with Crippen LogP contribution in [0.2, 0.25) is 0 Å². The van der Waals surface area contributed by atoms with Gasteiger partial charge in [0.25, 0.3) is 0 Å². The fraction of sp³-hybridized carbons (Fsp3) is 0.364. The molecule has 0 saturated heterocycles. The van der Waals surface area contributed by atoms with Gasteiger partial charge in [0.2, 0.25) is 0 Å². The summed E-state index contributed by atoms with van der Waals surface area (Å²) in [5, 5.41) is 4.05. The molecule has 0 amide bonds. The Bertz CT molecular complexity index is 728. The van der Waals surface area contributed by atoms with Crippen LogP contribution >= 0.6 is 0 Å². The minimum atomic E-state index is -0.444. The third-order valence-electron chi connectivity index (χ3n) is 3.95. The molecule has 0 fully saturated rings. The van der Waals surface area contributed by atoms with Crippen molar-refractivity contribution in [1.82, 2.24) is 0 Å². The fourth-order valence-corrected chi connectivity index (χ4v) is 2.43. The van der Waals surface area contributed by atoms with Crippen LogP contribution in [0.1, 0.15) is 44.4 Å². The van der Waals surface area contributed by atoms with Crippen molar-refractivity contribution in [2.45, 2.75) is 46.1 Å². The van der Waals surface area contributed by atoms with Crippen molar-refractivity contribution in [2.24, 2.45) is 5.16 Å². The van der Waals surface area contributed by atoms with Crippen LogP contribution in [0.5, 0.6) is 0 Å². The summed E-state index contributed by atoms with van der Waals surface area (Å²) in [4.78, 5) is 17.6. The monoisotopic (exact) mass is 353 g/mol. The van der Waals surface area contributed by atoms with Gasteiger partial charge in [0.05, 0.1) is 6.61 Å². The highest BCUT2D eigenvalue weighted by atomic mass is 16.6. The highest BCUT2D eigenvalue weighted by Gasteiger charge is 2.17. The normalized spacial score (nSPS) is 11.9. The van der Waals surface area contributed by atoms with Crippen molar-refractivity contribution < 1.29 is 14.4 Å². The number of rotatable bonds is 7. The van der Waals surface area contributed by atoms with E-state index in [-0.39, 0.29) is 11.1 Å². The number of esters is 1. The van der Waals surface area contributed by atoms with Crippen LogP contribution < -0.4 is 0 Å². The molecule has 26 heavy (non-hydrogen) atoms. The third kappa shape index (κ3) is 6.03. The summed E-state index contributed by atoms with van der Waals surface area (Å²) in [6.45, 7) is 8.91. The lowest BCUT2D eigenvalue weighted by Gasteiger charge is -2.19. The van der Waals surface area contributed by atoms with Crippen molar-refractivity contribution in [1.29, 1.82) is 0 Å². The van der Waals surface area contributed by atoms with E-state index >= 15 is 0 Å². The maximum absolute atomic E-state index is 12.2. The van der Waals surface area contributed by atoms with Gasteiger partial charge in [0.15, 0.2) is 5.71 Å². The molecule has 0 radical (unpaired) electrons. The molecule has 0 aliphatic carbocycles. The molecule has 0 aliphatic heterocycles. The second kappa shape index (κ2) is 9.18. The molecule has 2 aromatic rings. The number of benzene rings is 2. The Morgan fingerprint density at radius 3 is 2.19 bits per heavy atom. The Morgan fingerprint density at radius 1 is 0.962 bits per heavy atom. The summed E-state index contributed by atoms with van der Waals surface area (Å²) < 4.78 is 5.11. The predicted molar refractivity (Wildman–Crippen MR) is 104 cm³/mol. The van der Waals surface area contributed by atoms with Crippen LogP contribution in [0.25, 0.3) is 0 Å². The first-order chi connectivity index (χ1) is 12.4. The van der Waals surface area contributed by atoms with Crippen LogP contribution in [-0.2, 0) is 32.8 Å². The Morgan fingerprint density at radius 2 is 1.62 bits per heavy atom. The maximum atomic E-state index is 12.2. The van der Waals surface area contributed by atoms with Gasteiger partial charge in [-0.15, -0.1) is 0 Å². The van der Waals surface area contributed by atoms with Crippen molar-refractivity contribution in [3.05, 3.63) is 71.3 Å². The van der Waals surface area contributed by atoms with Crippen LogP contribution in [0.15, 0.2) is 59.8 Å². The second-order valence-electron chi connectivity index (χ2n) is 7.14. The van der Waals surface area contributed by atoms with E-state index in [1.807, 2.05) is 42.5 Å². The van der Waals surface area contributed by atoms with E-state index in [2.05, 4.69) is 38.1 Å². The number of carbonyl (C=O) groups is 1. The predicted octanol–water partition coefficient (Wildman–Crippen LogP) is 4.66. The molecule has 0 spiro atoms. The number of ether oxygens (including phenoxy) is 1. The van der Waals surface area contributed by atoms with E-state index in [4.69, 9.17) is 9.57 Å². The van der Waals surface area contributed by atoms with Crippen molar-refractivity contribution in [3.8, 4) is 0 Å². The van der Waals surface area contributed by atoms with E-state index in [9.17, 15) is 4.79 Å². The van der Waals surface area contributed by atoms with E-state index < -0.39 is 5.97 Å². The van der Waals surface area contributed by atoms with E-state index in [1.54, 1.807) is 6.92 Å². The smallest absolute Gasteiger partial charge is 0.356 e. The zero-order valence-electron chi connectivity index (χ0n) is 16.0. The average Bonchev–Trinajstić information content (AvgIpc) is 2.61. The highest BCUT2D eigenvalue weighted by Crippen LogP contribution is 2.22. The van der Waals surface area contributed by atoms with Gasteiger partial charge in [0, 0.05) is 6.42 Å². The van der Waals surface area contributed by atoms with E-state index in [0.717, 1.165) is 11.1 Å². The molecule has 138 valence electrons. The molecule has 0 aliphatic rings. The van der Waals surface area contributed by atoms with Gasteiger partial charge < -0.3 is 9.57 Å². The molecule has 0 bridgehead atoms. The molecular weight excluding hydrogens is 326 g/mol. The lowest BCUT2D eigenvalue weighted by molar-refractivity contribution is -0.135. The van der Waals surface area contributed by atoms with Crippen LogP contribution in [0.3, 0.4) is 0 Å². The van der Waals surface area contributed by atoms with Crippen molar-refractivity contribution in [2.75, 3.05) is 6.61 Å². The zero-order valence-corrected chi connectivity index (χ0v) is 16.0. The minimum Gasteiger partial charge on any atom is -0.461 e. The summed E-state index contributed by atoms with van der Waals surface area (Å²) >= 11 is 0. The Hall–Kier alpha value is -2.62. The number of oxime groups is 1. The second-order valence-corrected chi connectivity index (χ2v) is 7.14. The van der Waals surface area contributed by atoms with Gasteiger partial charge >= 0.3 is 5.97 Å². The van der Waals surface area contributed by atoms with Gasteiger partial charge in [-0.3, -0.25) is 0 Å². The number of carbonyl (C=O) groups excluding carboxylic acids is 1. The molecule has 0 saturated carbocycles. The molecule has 2 aromatic carbocycles. The Labute approximate surface area is 155 Å². The van der Waals surface area contributed by atoms with Crippen molar-refractivity contribution in [3.63, 3.8) is 0 Å². The SMILES string of the molecule is CCOC(=O)/C(Cc1ccc(C(C)(C)C)cc1)=N\OCc1ccccc1. The van der Waals surface area contributed by atoms with Gasteiger partial charge in [-0.05, 0) is 29.0 Å². The fourth-order valence-electron chi connectivity index (χ4n) is 2.43. The first kappa shape index (κ1) is 19.7. The highest BCUT2D eigenvalue weighted by molar-refractivity contribution is 6.36. The lowest BCUT2D eigenvalue weighted by Crippen LogP contribution is -2.20. The van der Waals surface area contributed by atoms with E-state index in [1.165, 1.54) is 5.56 Å². The summed E-state index contributed by atoms with van der Waals surface area (Å²) in [5.74, 6) is -0.444. The molecule has 4 heteroatoms. The quantitative estimate of drug-likeness (QED) is 0.413. The molecule has 0 unspecified atom stereocenters. The standard InChI is InChI=1S/C22H27NO3/c1-5-25-21(24)20(23-26-16-18-9-7-6-8-10-18)15-17-11-13-19(14-12-17)22(2,3)4/h6-14H,5,15-16H2,1-4H3/b23-20-. The average molecular weight is 353 g/mol. The zero-order chi connectivity index (χ0) is 19.0. The molecule has 0 heterocycles. The molecule has 4 nitrogen and oxygen atoms in total. The summed E-state index contributed by atoms with van der Waals surface area (Å²) in [6.07, 6.45) is 0.373. The summed E-state index contributed by atoms with van der Waals surface area (Å²) in [6, 6.07) is 17.9. The van der Waals surface area contributed by atoms with Crippen molar-refractivity contribution >= 4 is 11.7 Å². The Kier molecular flexibility index (Phi) is 6.96. The van der Waals surface area contributed by atoms with E-state index in [0.29, 0.717) is 19.6 Å². The van der Waals surface area contributed by atoms with Gasteiger partial charge in [0.1, 0.15) is 6.61 Å². The van der Waals surface area contributed by atoms with Gasteiger partial charge in [-0.2, -0.15) is 0 Å². The number of hydrogen-bond acceptors (Lipinski definition) is 4. The third-order valence-corrected chi connectivity index (χ3v) is 3.95. The molecule has 0 atom stereocenters. The van der Waals surface area contributed by atoms with Crippen LogP contribution in [0, 0.1) is 0 Å². The molecular formula is C22H27NO3. The minimum absolute atomic E-state index is 0.0926. The Balaban J connectivity index is 2.09. The number of hydrogen-bond donors (Lipinski definition) is 0. The first-order valence-corrected chi connectivity index (χ1v) is 8.89. The molecule has 0 N–H and O–H groups in total.